The first-order valence-corrected chi connectivity index (χ1v) is 15.8. The minimum absolute atomic E-state index is 0.102. The average molecular weight is 556 g/mol. The smallest absolute Gasteiger partial charge is 0.223 e. The van der Waals surface area contributed by atoms with Crippen LogP contribution in [0, 0.1) is 18.0 Å². The highest BCUT2D eigenvalue weighted by molar-refractivity contribution is 7.10. The van der Waals surface area contributed by atoms with E-state index in [1.54, 1.807) is 6.92 Å². The van der Waals surface area contributed by atoms with Crippen LogP contribution >= 0.6 is 11.3 Å². The largest absolute Gasteiger partial charge is 0.348 e. The van der Waals surface area contributed by atoms with Gasteiger partial charge in [-0.15, -0.1) is 11.3 Å². The number of thiophene rings is 1. The normalized spacial score (nSPS) is 26.4. The fraction of sp³-hybridized carbons (Fsp3) is 0.700. The van der Waals surface area contributed by atoms with Crippen molar-refractivity contribution in [2.24, 2.45) is 5.92 Å². The fourth-order valence-corrected chi connectivity index (χ4v) is 8.66. The number of rotatable bonds is 7. The average Bonchev–Trinajstić information content (AvgIpc) is 3.58. The molecule has 0 unspecified atom stereocenters. The second kappa shape index (κ2) is 11.3. The van der Waals surface area contributed by atoms with Crippen LogP contribution in [-0.2, 0) is 22.6 Å². The number of carbonyl (C=O) groups is 2. The van der Waals surface area contributed by atoms with Crippen LogP contribution in [0.15, 0.2) is 12.1 Å². The summed E-state index contributed by atoms with van der Waals surface area (Å²) in [4.78, 5) is 35.4. The third-order valence-corrected chi connectivity index (χ3v) is 10.8. The molecular formula is C30H42FN5O2S. The molecular weight excluding hydrogens is 513 g/mol. The highest BCUT2D eigenvalue weighted by atomic mass is 32.1. The molecule has 7 nitrogen and oxygen atoms in total. The van der Waals surface area contributed by atoms with Crippen LogP contribution in [0.2, 0.25) is 0 Å². The molecule has 1 N–H and O–H groups in total. The molecule has 4 atom stereocenters. The second-order valence-electron chi connectivity index (χ2n) is 12.2. The van der Waals surface area contributed by atoms with E-state index in [2.05, 4.69) is 21.7 Å². The van der Waals surface area contributed by atoms with Gasteiger partial charge in [-0.25, -0.2) is 4.98 Å². The quantitative estimate of drug-likeness (QED) is 0.504. The van der Waals surface area contributed by atoms with Crippen LogP contribution in [0.4, 0.5) is 4.39 Å². The predicted molar refractivity (Wildman–Crippen MR) is 150 cm³/mol. The van der Waals surface area contributed by atoms with Gasteiger partial charge in [0.25, 0.3) is 0 Å². The van der Waals surface area contributed by atoms with E-state index in [4.69, 9.17) is 4.98 Å². The number of hydrogen-bond acceptors (Lipinski definition) is 5. The molecule has 2 aromatic heterocycles. The summed E-state index contributed by atoms with van der Waals surface area (Å²) in [5.74, 6) is 1.45. The van der Waals surface area contributed by atoms with Crippen molar-refractivity contribution in [1.82, 2.24) is 24.7 Å². The van der Waals surface area contributed by atoms with E-state index in [-0.39, 0.29) is 28.9 Å². The van der Waals surface area contributed by atoms with E-state index in [1.165, 1.54) is 42.4 Å². The Bertz CT molecular complexity index is 1190. The van der Waals surface area contributed by atoms with Gasteiger partial charge in [-0.3, -0.25) is 14.5 Å². The summed E-state index contributed by atoms with van der Waals surface area (Å²) in [6, 6.07) is 4.76. The topological polar surface area (TPSA) is 70.5 Å². The number of aromatic nitrogens is 2. The molecule has 2 aromatic rings. The Hall–Kier alpha value is -2.26. The summed E-state index contributed by atoms with van der Waals surface area (Å²) < 4.78 is 16.5. The van der Waals surface area contributed by atoms with Crippen molar-refractivity contribution in [1.29, 1.82) is 0 Å². The van der Waals surface area contributed by atoms with Gasteiger partial charge in [0.15, 0.2) is 5.13 Å². The van der Waals surface area contributed by atoms with E-state index in [9.17, 15) is 14.0 Å². The Balaban J connectivity index is 1.12. The van der Waals surface area contributed by atoms with Gasteiger partial charge in [-0.05, 0) is 64.0 Å². The maximum Gasteiger partial charge on any atom is 0.223 e. The lowest BCUT2D eigenvalue weighted by Gasteiger charge is -2.41. The second-order valence-corrected chi connectivity index (χ2v) is 13.3. The van der Waals surface area contributed by atoms with Crippen molar-refractivity contribution in [3.8, 4) is 0 Å². The number of carbonyl (C=O) groups excluding carboxylic acids is 2. The molecule has 0 aromatic carbocycles. The molecule has 9 heteroatoms. The summed E-state index contributed by atoms with van der Waals surface area (Å²) >= 11 is 1.17. The van der Waals surface area contributed by atoms with Crippen LogP contribution in [0.25, 0.3) is 0 Å². The van der Waals surface area contributed by atoms with Crippen LogP contribution < -0.4 is 5.32 Å². The van der Waals surface area contributed by atoms with Crippen molar-refractivity contribution in [2.45, 2.75) is 115 Å². The third-order valence-electron chi connectivity index (χ3n) is 9.80. The number of nitrogens with zero attached hydrogens (tertiary/aromatic N) is 4. The van der Waals surface area contributed by atoms with Gasteiger partial charge in [0.2, 0.25) is 11.8 Å². The minimum atomic E-state index is -0.187. The number of nitrogens with one attached hydrogen (secondary N) is 1. The standard InChI is InChI=1S/C30H42FN5O2S/c1-19-32-26-18-34(20(2)37)14-13-27(26)36(19)24-16-22-8-9-23(17-24)35(22)15-12-25(28-10-11-29(31)39-28)33-30(38)21-6-4-3-5-7-21/h10-11,21-25H,3-9,12-18H2,1-2H3,(H,33,38)/t22-,23+,24+,25-/m0/s1. The first-order valence-electron chi connectivity index (χ1n) is 15.0. The van der Waals surface area contributed by atoms with Crippen molar-refractivity contribution in [2.75, 3.05) is 13.1 Å². The van der Waals surface area contributed by atoms with Crippen molar-refractivity contribution < 1.29 is 14.0 Å². The van der Waals surface area contributed by atoms with E-state index in [1.807, 2.05) is 11.0 Å². The highest BCUT2D eigenvalue weighted by Crippen LogP contribution is 2.43. The lowest BCUT2D eigenvalue weighted by molar-refractivity contribution is -0.130. The first-order chi connectivity index (χ1) is 18.9. The lowest BCUT2D eigenvalue weighted by Crippen LogP contribution is -2.45. The molecule has 4 aliphatic rings. The number of hydrogen-bond donors (Lipinski definition) is 1. The third kappa shape index (κ3) is 5.53. The van der Waals surface area contributed by atoms with E-state index >= 15 is 0 Å². The Labute approximate surface area is 235 Å². The van der Waals surface area contributed by atoms with Crippen molar-refractivity contribution in [3.63, 3.8) is 0 Å². The van der Waals surface area contributed by atoms with Gasteiger partial charge in [0.1, 0.15) is 5.82 Å². The molecule has 2 saturated heterocycles. The van der Waals surface area contributed by atoms with E-state index in [0.717, 1.165) is 80.9 Å². The Morgan fingerprint density at radius 3 is 2.51 bits per heavy atom. The molecule has 0 radical (unpaired) electrons. The predicted octanol–water partition coefficient (Wildman–Crippen LogP) is 5.29. The molecule has 3 fully saturated rings. The molecule has 1 aliphatic carbocycles. The fourth-order valence-electron chi connectivity index (χ4n) is 7.85. The number of amides is 2. The lowest BCUT2D eigenvalue weighted by atomic mass is 9.88. The Morgan fingerprint density at radius 1 is 1.10 bits per heavy atom. The number of piperidine rings is 1. The van der Waals surface area contributed by atoms with E-state index in [0.29, 0.717) is 24.7 Å². The molecule has 3 aliphatic heterocycles. The zero-order chi connectivity index (χ0) is 27.1. The molecule has 2 amide bonds. The van der Waals surface area contributed by atoms with E-state index < -0.39 is 0 Å². The minimum Gasteiger partial charge on any atom is -0.348 e. The summed E-state index contributed by atoms with van der Waals surface area (Å²) in [7, 11) is 0. The first kappa shape index (κ1) is 26.9. The van der Waals surface area contributed by atoms with Gasteiger partial charge in [-0.1, -0.05) is 19.3 Å². The Kier molecular flexibility index (Phi) is 7.82. The number of aryl methyl sites for hydroxylation is 1. The van der Waals surface area contributed by atoms with Crippen LogP contribution in [0.5, 0.6) is 0 Å². The van der Waals surface area contributed by atoms with Gasteiger partial charge >= 0.3 is 0 Å². The van der Waals surface area contributed by atoms with Crippen LogP contribution in [-0.4, -0.2) is 56.3 Å². The molecule has 39 heavy (non-hydrogen) atoms. The van der Waals surface area contributed by atoms with Crippen LogP contribution in [0.1, 0.15) is 105 Å². The van der Waals surface area contributed by atoms with Gasteiger partial charge in [-0.2, -0.15) is 4.39 Å². The summed E-state index contributed by atoms with van der Waals surface area (Å²) in [5.41, 5.74) is 2.40. The zero-order valence-corrected chi connectivity index (χ0v) is 24.1. The zero-order valence-electron chi connectivity index (χ0n) is 23.3. The Morgan fingerprint density at radius 2 is 1.85 bits per heavy atom. The van der Waals surface area contributed by atoms with Crippen molar-refractivity contribution >= 4 is 23.2 Å². The van der Waals surface area contributed by atoms with Gasteiger partial charge in [0, 0.05) is 61.0 Å². The molecule has 2 bridgehead atoms. The molecule has 5 heterocycles. The summed E-state index contributed by atoms with van der Waals surface area (Å²) in [6.45, 7) is 6.08. The SMILES string of the molecule is CC(=O)N1CCc2c(nc(C)n2[C@H]2C[C@H]3CC[C@@H](C2)N3CC[C@H](NC(=O)C2CCCCC2)c2ccc(F)s2)C1. The molecule has 1 saturated carbocycles. The molecule has 212 valence electrons. The van der Waals surface area contributed by atoms with Gasteiger partial charge < -0.3 is 14.8 Å². The summed E-state index contributed by atoms with van der Waals surface area (Å²) in [5, 5.41) is 3.14. The van der Waals surface area contributed by atoms with Crippen molar-refractivity contribution in [3.05, 3.63) is 39.4 Å². The maximum atomic E-state index is 14.0. The molecule has 6 rings (SSSR count). The highest BCUT2D eigenvalue weighted by Gasteiger charge is 2.42. The maximum absolute atomic E-state index is 14.0. The number of halogens is 1. The van der Waals surface area contributed by atoms with Crippen LogP contribution in [0.3, 0.4) is 0 Å². The number of fused-ring (bicyclic) bond motifs is 3. The van der Waals surface area contributed by atoms with Gasteiger partial charge in [0.05, 0.1) is 18.3 Å². The summed E-state index contributed by atoms with van der Waals surface area (Å²) in [6.07, 6.45) is 11.8. The molecule has 0 spiro atoms. The monoisotopic (exact) mass is 555 g/mol. The number of imidazole rings is 1.